The summed E-state index contributed by atoms with van der Waals surface area (Å²) in [6, 6.07) is 5.95. The molecule has 2 heterocycles. The molecule has 3 rings (SSSR count). The molecule has 2 saturated heterocycles. The Balaban J connectivity index is 0.0000112. The van der Waals surface area contributed by atoms with Crippen LogP contribution in [0.2, 0.25) is 0 Å². The molecule has 2 aliphatic rings. The van der Waals surface area contributed by atoms with Crippen LogP contribution in [0.15, 0.2) is 30.3 Å². The number of hydrogen-bond acceptors (Lipinski definition) is 11. The summed E-state index contributed by atoms with van der Waals surface area (Å²) in [7, 11) is -0.763. The maximum Gasteiger partial charge on any atom is 0.327 e. The quantitative estimate of drug-likeness (QED) is 0.0876. The maximum atomic E-state index is 14.4. The molecule has 0 aromatic heterocycles. The van der Waals surface area contributed by atoms with Gasteiger partial charge in [-0.3, -0.25) is 42.9 Å². The Morgan fingerprint density at radius 2 is 1.54 bits per heavy atom. The highest BCUT2D eigenvalue weighted by Gasteiger charge is 2.38. The first kappa shape index (κ1) is 60.5. The molecule has 19 heteroatoms. The lowest BCUT2D eigenvalue weighted by atomic mass is 9.81. The molecule has 0 spiro atoms. The van der Waals surface area contributed by atoms with Gasteiger partial charge in [0.2, 0.25) is 29.5 Å². The van der Waals surface area contributed by atoms with Crippen molar-refractivity contribution in [3.05, 3.63) is 35.9 Å². The summed E-state index contributed by atoms with van der Waals surface area (Å²) < 4.78 is 16.5. The summed E-state index contributed by atoms with van der Waals surface area (Å²) >= 11 is 0. The van der Waals surface area contributed by atoms with E-state index in [-0.39, 0.29) is 60.7 Å². The van der Waals surface area contributed by atoms with Crippen molar-refractivity contribution in [3.63, 3.8) is 0 Å². The van der Waals surface area contributed by atoms with Gasteiger partial charge in [0.15, 0.2) is 11.6 Å². The zero-order chi connectivity index (χ0) is 47.9. The van der Waals surface area contributed by atoms with Gasteiger partial charge in [0, 0.05) is 44.6 Å². The van der Waals surface area contributed by atoms with E-state index in [9.17, 15) is 48.0 Å². The average molecular weight is 964 g/mol. The molecule has 5 amide bonds. The molecule has 0 saturated carbocycles. The van der Waals surface area contributed by atoms with Crippen molar-refractivity contribution in [2.24, 2.45) is 29.4 Å². The van der Waals surface area contributed by atoms with E-state index in [1.54, 1.807) is 0 Å². The van der Waals surface area contributed by atoms with Crippen LogP contribution in [-0.2, 0) is 53.9 Å². The second kappa shape index (κ2) is 32.3. The van der Waals surface area contributed by atoms with E-state index in [1.807, 2.05) is 32.0 Å². The average Bonchev–Trinajstić information content (AvgIpc) is 3.77. The number of aliphatic hydroxyl groups excluding tert-OH is 1. The normalized spacial score (nSPS) is 23.4. The third-order valence-corrected chi connectivity index (χ3v) is 13.2. The predicted octanol–water partition coefficient (Wildman–Crippen LogP) is 3.60. The van der Waals surface area contributed by atoms with E-state index >= 15 is 0 Å². The van der Waals surface area contributed by atoms with Crippen molar-refractivity contribution in [1.82, 2.24) is 20.9 Å². The minimum absolute atomic E-state index is 0. The molecule has 2 fully saturated rings. The van der Waals surface area contributed by atoms with Crippen LogP contribution in [-0.4, -0.2) is 111 Å². The number of carbonyl (C=O) groups is 8. The fourth-order valence-electron chi connectivity index (χ4n) is 9.00. The SMILES string of the molecule is CC(=O)N1CCC[C@H]1C(=O)N[C@@H](CC(C)C)C(=O)C[C@H]1C[C@H](CCCCCCCCc2ccccc2)C(=O)CCCCC[C@@H](C(N)=O)NC(=O)[C@H]([C@@H](C)OP=O)CC(=O)[C@H](CO)NC1=O.O.O. The molecule has 1 aromatic rings. The Kier molecular flexibility index (Phi) is 29.2. The molecule has 10 N–H and O–H groups in total. The molecule has 378 valence electrons. The van der Waals surface area contributed by atoms with Gasteiger partial charge in [-0.1, -0.05) is 89.1 Å². The number of aryl methyl sites for hydroxylation is 1. The minimum atomic E-state index is -1.54. The van der Waals surface area contributed by atoms with Crippen LogP contribution in [0, 0.1) is 23.7 Å². The van der Waals surface area contributed by atoms with Crippen LogP contribution < -0.4 is 21.7 Å². The second-order valence-corrected chi connectivity index (χ2v) is 18.8. The topological polar surface area (TPSA) is 311 Å². The van der Waals surface area contributed by atoms with Gasteiger partial charge >= 0.3 is 8.69 Å². The molecule has 18 nitrogen and oxygen atoms in total. The molecule has 0 aliphatic carbocycles. The van der Waals surface area contributed by atoms with Crippen LogP contribution in [0.4, 0.5) is 0 Å². The van der Waals surface area contributed by atoms with Gasteiger partial charge in [-0.25, -0.2) is 4.57 Å². The molecule has 2 aliphatic heterocycles. The maximum absolute atomic E-state index is 14.4. The molecule has 67 heavy (non-hydrogen) atoms. The standard InChI is InChI=1S/C48H74N5O11P.2H2O/c1-31(2)26-39(51-48(62)41-23-17-25-53(41)33(4)55)43(57)28-36-27-35(21-14-8-6-5-7-11-18-34-19-12-9-13-20-34)42(56)24-16-10-15-22-38(45(49)59)50-47(61)37(32(3)64-65-63)29-44(58)40(30-54)52-46(36)60;;/h9,12-13,19-20,31-32,35-41,54H,5-8,10-11,14-18,21-30H2,1-4H3,(H2,49,59)(H,50,61)(H,51,62)(H,52,60);2*1H2/t32-,35+,36-,37+,38+,39+,40+,41+;;/m1../s1. The van der Waals surface area contributed by atoms with Gasteiger partial charge in [0.25, 0.3) is 0 Å². The van der Waals surface area contributed by atoms with Crippen LogP contribution in [0.5, 0.6) is 0 Å². The number of ketones is 3. The number of primary amides is 1. The number of likely N-dealkylation sites (tertiary alicyclic amines) is 1. The first-order chi connectivity index (χ1) is 31.1. The van der Waals surface area contributed by atoms with Crippen molar-refractivity contribution >= 4 is 55.6 Å². The zero-order valence-electron chi connectivity index (χ0n) is 39.9. The highest BCUT2D eigenvalue weighted by Crippen LogP contribution is 2.28. The van der Waals surface area contributed by atoms with Crippen LogP contribution in [0.25, 0.3) is 0 Å². The lowest BCUT2D eigenvalue weighted by Gasteiger charge is -2.29. The number of nitrogens with zero attached hydrogens (tertiary/aromatic N) is 1. The fourth-order valence-corrected chi connectivity index (χ4v) is 9.29. The summed E-state index contributed by atoms with van der Waals surface area (Å²) in [5.41, 5.74) is 6.94. The number of unbranched alkanes of at least 4 members (excludes halogenated alkanes) is 5. The third kappa shape index (κ3) is 21.1. The number of benzene rings is 1. The first-order valence-electron chi connectivity index (χ1n) is 23.7. The minimum Gasteiger partial charge on any atom is -0.412 e. The molecule has 8 atom stereocenters. The highest BCUT2D eigenvalue weighted by molar-refractivity contribution is 7.17. The molecule has 0 unspecified atom stereocenters. The second-order valence-electron chi connectivity index (χ2n) is 18.4. The number of rotatable bonds is 21. The fraction of sp³-hybridized carbons (Fsp3) is 0.708. The van der Waals surface area contributed by atoms with Crippen molar-refractivity contribution in [2.45, 2.75) is 180 Å². The van der Waals surface area contributed by atoms with Gasteiger partial charge in [-0.15, -0.1) is 0 Å². The summed E-state index contributed by atoms with van der Waals surface area (Å²) in [4.78, 5) is 110. The van der Waals surface area contributed by atoms with E-state index in [4.69, 9.17) is 10.3 Å². The van der Waals surface area contributed by atoms with Gasteiger partial charge in [0.1, 0.15) is 23.9 Å². The Bertz CT molecular complexity index is 1750. The Labute approximate surface area is 397 Å². The van der Waals surface area contributed by atoms with Gasteiger partial charge in [-0.2, -0.15) is 0 Å². The molecule has 1 aromatic carbocycles. The lowest BCUT2D eigenvalue weighted by Crippen LogP contribution is -2.52. The van der Waals surface area contributed by atoms with Crippen LogP contribution >= 0.6 is 8.69 Å². The highest BCUT2D eigenvalue weighted by atomic mass is 31.1. The number of carbonyl (C=O) groups excluding carboxylic acids is 8. The van der Waals surface area contributed by atoms with E-state index in [2.05, 4.69) is 28.1 Å². The number of nitrogens with two attached hydrogens (primary N) is 1. The van der Waals surface area contributed by atoms with Gasteiger partial charge in [0.05, 0.1) is 24.7 Å². The Morgan fingerprint density at radius 1 is 0.866 bits per heavy atom. The summed E-state index contributed by atoms with van der Waals surface area (Å²) in [5, 5.41) is 18.5. The number of hydrogen-bond donors (Lipinski definition) is 5. The van der Waals surface area contributed by atoms with Gasteiger partial charge in [-0.05, 0) is 76.2 Å². The van der Waals surface area contributed by atoms with Crippen molar-refractivity contribution in [3.8, 4) is 0 Å². The third-order valence-electron chi connectivity index (χ3n) is 12.8. The number of amides is 5. The molecule has 0 radical (unpaired) electrons. The summed E-state index contributed by atoms with van der Waals surface area (Å²) in [6.45, 7) is 6.16. The number of Topliss-reactive ketones (excluding diaryl/α,β-unsaturated/α-hetero) is 3. The molecule has 0 bridgehead atoms. The molecular weight excluding hydrogens is 886 g/mol. The van der Waals surface area contributed by atoms with E-state index < -0.39 is 105 Å². The van der Waals surface area contributed by atoms with Crippen LogP contribution in [0.3, 0.4) is 0 Å². The van der Waals surface area contributed by atoms with Crippen molar-refractivity contribution in [1.29, 1.82) is 0 Å². The molecular formula is C48H78N5O13P. The lowest BCUT2D eigenvalue weighted by molar-refractivity contribution is -0.139. The zero-order valence-corrected chi connectivity index (χ0v) is 40.8. The van der Waals surface area contributed by atoms with Gasteiger partial charge < -0.3 is 42.6 Å². The monoisotopic (exact) mass is 964 g/mol. The van der Waals surface area contributed by atoms with E-state index in [0.29, 0.717) is 51.5 Å². The van der Waals surface area contributed by atoms with Crippen molar-refractivity contribution in [2.75, 3.05) is 13.2 Å². The first-order valence-corrected chi connectivity index (χ1v) is 24.5. The largest absolute Gasteiger partial charge is 0.412 e. The van der Waals surface area contributed by atoms with E-state index in [1.165, 1.54) is 24.3 Å². The number of nitrogens with one attached hydrogen (secondary N) is 3. The van der Waals surface area contributed by atoms with Crippen molar-refractivity contribution < 1.29 is 63.5 Å². The Morgan fingerprint density at radius 3 is 2.16 bits per heavy atom. The predicted molar refractivity (Wildman–Crippen MR) is 252 cm³/mol. The van der Waals surface area contributed by atoms with Crippen LogP contribution in [0.1, 0.15) is 149 Å². The van der Waals surface area contributed by atoms with E-state index in [0.717, 1.165) is 38.5 Å². The smallest absolute Gasteiger partial charge is 0.327 e. The summed E-state index contributed by atoms with van der Waals surface area (Å²) in [6.07, 6.45) is 8.19. The summed E-state index contributed by atoms with van der Waals surface area (Å²) in [5.74, 6) is -7.43. The number of aliphatic hydroxyl groups is 1. The Hall–Kier alpha value is -4.48.